The fraction of sp³-hybridized carbons (Fsp3) is 0.714. The van der Waals surface area contributed by atoms with E-state index in [1.807, 2.05) is 0 Å². The zero-order valence-corrected chi connectivity index (χ0v) is 6.82. The number of carboxylic acid groups (broad SMARTS) is 1. The van der Waals surface area contributed by atoms with Crippen LogP contribution in [0.4, 0.5) is 0 Å². The predicted molar refractivity (Wildman–Crippen MR) is 40.3 cm³/mol. The van der Waals surface area contributed by atoms with Gasteiger partial charge in [-0.05, 0) is 12.8 Å². The van der Waals surface area contributed by atoms with Gasteiger partial charge < -0.3 is 10.8 Å². The molecule has 0 aromatic carbocycles. The van der Waals surface area contributed by atoms with E-state index in [0.717, 1.165) is 0 Å². The van der Waals surface area contributed by atoms with Gasteiger partial charge in [-0.3, -0.25) is 14.4 Å². The maximum Gasteiger partial charge on any atom is 0.326 e. The number of aliphatic carboxylic acids is 1. The summed E-state index contributed by atoms with van der Waals surface area (Å²) in [4.78, 5) is 26.8. The molecule has 4 N–H and O–H groups in total. The van der Waals surface area contributed by atoms with E-state index in [1.165, 1.54) is 0 Å². The second kappa shape index (κ2) is 2.43. The summed E-state index contributed by atoms with van der Waals surface area (Å²) >= 11 is 0. The van der Waals surface area contributed by atoms with Crippen molar-refractivity contribution < 1.29 is 19.5 Å². The Bertz CT molecular complexity index is 280. The summed E-state index contributed by atoms with van der Waals surface area (Å²) in [6.45, 7) is 0. The molecule has 1 heterocycles. The number of carboxylic acids is 1. The number of carbonyl (C=O) groups excluding carboxylic acids is 1. The average molecular weight is 186 g/mol. The summed E-state index contributed by atoms with van der Waals surface area (Å²) in [5, 5.41) is 8.86. The minimum atomic E-state index is -1.41. The Hall–Kier alpha value is -1.14. The first kappa shape index (κ1) is 8.46. The molecule has 2 fully saturated rings. The molecule has 2 aliphatic rings. The minimum Gasteiger partial charge on any atom is -0.480 e. The van der Waals surface area contributed by atoms with Crippen LogP contribution in [0.5, 0.6) is 0 Å². The van der Waals surface area contributed by atoms with Crippen molar-refractivity contribution in [2.45, 2.75) is 24.5 Å². The van der Waals surface area contributed by atoms with E-state index >= 15 is 0 Å². The van der Waals surface area contributed by atoms with Gasteiger partial charge in [0.25, 0.3) is 0 Å². The molecule has 1 amide bonds. The monoisotopic (exact) mass is 186 g/mol. The van der Waals surface area contributed by atoms with Gasteiger partial charge in [-0.2, -0.15) is 0 Å². The van der Waals surface area contributed by atoms with E-state index in [2.05, 4.69) is 5.48 Å². The van der Waals surface area contributed by atoms with E-state index in [-0.39, 0.29) is 12.3 Å². The largest absolute Gasteiger partial charge is 0.480 e. The molecule has 0 aromatic rings. The number of nitrogens with two attached hydrogens (primary N) is 1. The molecule has 0 aromatic heterocycles. The van der Waals surface area contributed by atoms with Crippen LogP contribution in [-0.4, -0.2) is 28.6 Å². The molecule has 0 bridgehead atoms. The lowest BCUT2D eigenvalue weighted by Gasteiger charge is -2.23. The van der Waals surface area contributed by atoms with E-state index in [4.69, 9.17) is 15.7 Å². The Labute approximate surface area is 74.0 Å². The standard InChI is InChI=1S/C7H10N2O4/c8-7(6(11)12)2-1-3-4(7)13-9-5(3)10/h3-4H,1-2,8H2,(H,9,10)(H,11,12)/t3-,4-,7+/m1/s1. The number of hydroxylamine groups is 1. The highest BCUT2D eigenvalue weighted by atomic mass is 16.7. The number of carbonyl (C=O) groups is 2. The SMILES string of the molecule is N[C@@]1(C(=O)O)CC[C@H]2C(=O)NO[C@H]21. The molecule has 3 atom stereocenters. The number of hydrogen-bond acceptors (Lipinski definition) is 4. The molecular formula is C7H10N2O4. The van der Waals surface area contributed by atoms with Crippen LogP contribution in [0.3, 0.4) is 0 Å². The lowest BCUT2D eigenvalue weighted by Crippen LogP contribution is -2.55. The number of hydrogen-bond donors (Lipinski definition) is 3. The third kappa shape index (κ3) is 0.956. The number of nitrogens with one attached hydrogen (secondary N) is 1. The van der Waals surface area contributed by atoms with Crippen molar-refractivity contribution in [3.8, 4) is 0 Å². The first-order valence-electron chi connectivity index (χ1n) is 4.03. The van der Waals surface area contributed by atoms with Crippen LogP contribution in [0.15, 0.2) is 0 Å². The fourth-order valence-electron chi connectivity index (χ4n) is 1.93. The van der Waals surface area contributed by atoms with Gasteiger partial charge >= 0.3 is 5.97 Å². The van der Waals surface area contributed by atoms with Crippen LogP contribution in [0.1, 0.15) is 12.8 Å². The molecule has 2 rings (SSSR count). The Morgan fingerprint density at radius 3 is 3.08 bits per heavy atom. The van der Waals surface area contributed by atoms with E-state index in [1.54, 1.807) is 0 Å². The number of rotatable bonds is 1. The van der Waals surface area contributed by atoms with Crippen LogP contribution in [0.25, 0.3) is 0 Å². The van der Waals surface area contributed by atoms with Crippen molar-refractivity contribution >= 4 is 11.9 Å². The summed E-state index contributed by atoms with van der Waals surface area (Å²) in [6.07, 6.45) is 0.0298. The van der Waals surface area contributed by atoms with Gasteiger partial charge in [-0.1, -0.05) is 0 Å². The van der Waals surface area contributed by atoms with Gasteiger partial charge in [-0.25, -0.2) is 5.48 Å². The van der Waals surface area contributed by atoms with E-state index in [0.29, 0.717) is 6.42 Å². The van der Waals surface area contributed by atoms with Gasteiger partial charge in [0.2, 0.25) is 5.91 Å². The molecule has 72 valence electrons. The smallest absolute Gasteiger partial charge is 0.326 e. The quantitative estimate of drug-likeness (QED) is 0.468. The lowest BCUT2D eigenvalue weighted by molar-refractivity contribution is -0.150. The molecule has 13 heavy (non-hydrogen) atoms. The molecule has 1 saturated carbocycles. The second-order valence-electron chi connectivity index (χ2n) is 3.50. The van der Waals surface area contributed by atoms with Gasteiger partial charge in [0.05, 0.1) is 5.92 Å². The van der Waals surface area contributed by atoms with Crippen molar-refractivity contribution in [3.63, 3.8) is 0 Å². The van der Waals surface area contributed by atoms with Gasteiger partial charge in [-0.15, -0.1) is 0 Å². The van der Waals surface area contributed by atoms with Gasteiger partial charge in [0, 0.05) is 0 Å². The zero-order chi connectivity index (χ0) is 9.64. The summed E-state index contributed by atoms with van der Waals surface area (Å²) in [5.74, 6) is -1.78. The highest BCUT2D eigenvalue weighted by molar-refractivity contribution is 5.86. The van der Waals surface area contributed by atoms with Crippen molar-refractivity contribution in [1.82, 2.24) is 5.48 Å². The second-order valence-corrected chi connectivity index (χ2v) is 3.50. The van der Waals surface area contributed by atoms with Crippen LogP contribution >= 0.6 is 0 Å². The van der Waals surface area contributed by atoms with Crippen LogP contribution in [0.2, 0.25) is 0 Å². The van der Waals surface area contributed by atoms with Crippen LogP contribution in [0, 0.1) is 5.92 Å². The first-order valence-corrected chi connectivity index (χ1v) is 4.03. The Balaban J connectivity index is 2.28. The summed E-state index contributed by atoms with van der Waals surface area (Å²) in [7, 11) is 0. The molecule has 1 aliphatic heterocycles. The number of fused-ring (bicyclic) bond motifs is 1. The predicted octanol–water partition coefficient (Wildman–Crippen LogP) is -1.39. The van der Waals surface area contributed by atoms with Crippen LogP contribution < -0.4 is 11.2 Å². The topological polar surface area (TPSA) is 102 Å². The molecule has 6 nitrogen and oxygen atoms in total. The Morgan fingerprint density at radius 2 is 2.46 bits per heavy atom. The summed E-state index contributed by atoms with van der Waals surface area (Å²) in [6, 6.07) is 0. The van der Waals surface area contributed by atoms with Crippen molar-refractivity contribution in [2.75, 3.05) is 0 Å². The molecule has 1 aliphatic carbocycles. The van der Waals surface area contributed by atoms with Crippen molar-refractivity contribution in [1.29, 1.82) is 0 Å². The maximum absolute atomic E-state index is 11.1. The molecular weight excluding hydrogens is 176 g/mol. The molecule has 0 unspecified atom stereocenters. The Morgan fingerprint density at radius 1 is 1.77 bits per heavy atom. The first-order chi connectivity index (χ1) is 6.05. The van der Waals surface area contributed by atoms with Crippen molar-refractivity contribution in [3.05, 3.63) is 0 Å². The van der Waals surface area contributed by atoms with E-state index < -0.39 is 23.5 Å². The highest BCUT2D eigenvalue weighted by Gasteiger charge is 2.58. The van der Waals surface area contributed by atoms with Crippen molar-refractivity contribution in [2.24, 2.45) is 11.7 Å². The molecule has 6 heteroatoms. The minimum absolute atomic E-state index is 0.265. The normalized spacial score (nSPS) is 43.0. The van der Waals surface area contributed by atoms with E-state index in [9.17, 15) is 9.59 Å². The third-order valence-electron chi connectivity index (χ3n) is 2.76. The summed E-state index contributed by atoms with van der Waals surface area (Å²) in [5.41, 5.74) is 6.37. The lowest BCUT2D eigenvalue weighted by atomic mass is 9.94. The molecule has 1 saturated heterocycles. The zero-order valence-electron chi connectivity index (χ0n) is 6.82. The highest BCUT2D eigenvalue weighted by Crippen LogP contribution is 2.38. The fourth-order valence-corrected chi connectivity index (χ4v) is 1.93. The van der Waals surface area contributed by atoms with Gasteiger partial charge in [0.15, 0.2) is 0 Å². The molecule has 0 radical (unpaired) electrons. The molecule has 0 spiro atoms. The third-order valence-corrected chi connectivity index (χ3v) is 2.76. The maximum atomic E-state index is 11.1. The average Bonchev–Trinajstić information content (AvgIpc) is 2.57. The summed E-state index contributed by atoms with van der Waals surface area (Å²) < 4.78 is 0. The Kier molecular flexibility index (Phi) is 1.58. The van der Waals surface area contributed by atoms with Gasteiger partial charge in [0.1, 0.15) is 11.6 Å². The van der Waals surface area contributed by atoms with Crippen LogP contribution in [-0.2, 0) is 14.4 Å². The number of amides is 1.